The number of rotatable bonds is 24. The smallest absolute Gasteiger partial charge is 0.226 e. The van der Waals surface area contributed by atoms with Gasteiger partial charge >= 0.3 is 0 Å². The van der Waals surface area contributed by atoms with E-state index in [1.54, 1.807) is 12.4 Å². The molecule has 0 bridgehead atoms. The van der Waals surface area contributed by atoms with Crippen molar-refractivity contribution >= 4 is 34.1 Å². The van der Waals surface area contributed by atoms with Crippen molar-refractivity contribution in [1.29, 1.82) is 0 Å². The predicted molar refractivity (Wildman–Crippen MR) is 199 cm³/mol. The molecule has 280 valence electrons. The van der Waals surface area contributed by atoms with Crippen LogP contribution in [-0.4, -0.2) is 93.6 Å². The maximum absolute atomic E-state index is 13.4. The van der Waals surface area contributed by atoms with Crippen molar-refractivity contribution in [3.8, 4) is 0 Å². The summed E-state index contributed by atoms with van der Waals surface area (Å²) in [7, 11) is 0. The Hall–Kier alpha value is -3.30. The summed E-state index contributed by atoms with van der Waals surface area (Å²) < 4.78 is 16.8. The van der Waals surface area contributed by atoms with E-state index in [2.05, 4.69) is 52.3 Å². The normalized spacial score (nSPS) is 15.3. The summed E-state index contributed by atoms with van der Waals surface area (Å²) in [5.41, 5.74) is 7.08. The van der Waals surface area contributed by atoms with Gasteiger partial charge in [-0.15, -0.1) is 11.3 Å². The summed E-state index contributed by atoms with van der Waals surface area (Å²) in [5.74, 6) is 0.877. The highest BCUT2D eigenvalue weighted by Crippen LogP contribution is 2.39. The number of ether oxygens (including phenoxy) is 3. The van der Waals surface area contributed by atoms with E-state index in [1.807, 2.05) is 30.5 Å². The number of thiazole rings is 1. The zero-order chi connectivity index (χ0) is 36.1. The van der Waals surface area contributed by atoms with Gasteiger partial charge in [-0.1, -0.05) is 46.1 Å². The quantitative estimate of drug-likeness (QED) is 0.0872. The number of hydrogen-bond donors (Lipinski definition) is 6. The zero-order valence-electron chi connectivity index (χ0n) is 30.5. The van der Waals surface area contributed by atoms with Crippen LogP contribution in [-0.2, 0) is 30.2 Å². The molecule has 50 heavy (non-hydrogen) atoms. The van der Waals surface area contributed by atoms with E-state index in [4.69, 9.17) is 24.9 Å². The van der Waals surface area contributed by atoms with Crippen LogP contribution in [0.25, 0.3) is 0 Å². The largest absolute Gasteiger partial charge is 0.399 e. The zero-order valence-corrected chi connectivity index (χ0v) is 31.3. The first-order chi connectivity index (χ1) is 24.1. The molecule has 1 aliphatic carbocycles. The molecule has 2 amide bonds. The number of pyridine rings is 1. The van der Waals surface area contributed by atoms with Crippen LogP contribution in [0.4, 0.5) is 10.9 Å². The molecule has 1 unspecified atom stereocenters. The Balaban J connectivity index is 1.18. The fourth-order valence-corrected chi connectivity index (χ4v) is 5.95. The minimum absolute atomic E-state index is 0.0442. The summed E-state index contributed by atoms with van der Waals surface area (Å²) in [6.45, 7) is 13.3. The second kappa shape index (κ2) is 22.5. The minimum Gasteiger partial charge on any atom is -0.399 e. The van der Waals surface area contributed by atoms with E-state index >= 15 is 0 Å². The maximum Gasteiger partial charge on any atom is 0.226 e. The molecule has 1 aliphatic rings. The number of amides is 2. The van der Waals surface area contributed by atoms with Gasteiger partial charge in [0.2, 0.25) is 11.8 Å². The molecule has 7 N–H and O–H groups in total. The Kier molecular flexibility index (Phi) is 18.5. The minimum atomic E-state index is -0.453. The average molecular weight is 717 g/mol. The summed E-state index contributed by atoms with van der Waals surface area (Å²) in [6, 6.07) is 6.02. The number of nitrogens with two attached hydrogens (primary N) is 1. The molecule has 0 aromatic carbocycles. The average Bonchev–Trinajstić information content (AvgIpc) is 3.59. The SMILES string of the molecule is CC(NC(=O)CCNCCN/C=C(\N)COCCOCCOCCNC(=O)C1(Cc2cccc(Nc3nccs3)n2)CCCCC1)C(C)(C)C. The lowest BCUT2D eigenvalue weighted by Crippen LogP contribution is -2.45. The van der Waals surface area contributed by atoms with Crippen molar-refractivity contribution in [2.24, 2.45) is 16.6 Å². The van der Waals surface area contributed by atoms with Gasteiger partial charge in [-0.2, -0.15) is 0 Å². The Morgan fingerprint density at radius 1 is 1.00 bits per heavy atom. The topological polar surface area (TPSA) is 174 Å². The molecule has 0 spiro atoms. The number of hydrogen-bond acceptors (Lipinski definition) is 12. The summed E-state index contributed by atoms with van der Waals surface area (Å²) in [4.78, 5) is 34.5. The van der Waals surface area contributed by atoms with Crippen molar-refractivity contribution in [3.63, 3.8) is 0 Å². The molecule has 1 fully saturated rings. The molecule has 1 saturated carbocycles. The second-order valence-corrected chi connectivity index (χ2v) is 14.8. The van der Waals surface area contributed by atoms with Gasteiger partial charge in [0.1, 0.15) is 5.82 Å². The number of nitrogens with one attached hydrogen (secondary N) is 5. The highest BCUT2D eigenvalue weighted by molar-refractivity contribution is 7.13. The van der Waals surface area contributed by atoms with Crippen LogP contribution >= 0.6 is 11.3 Å². The highest BCUT2D eigenvalue weighted by atomic mass is 32.1. The van der Waals surface area contributed by atoms with Crippen molar-refractivity contribution in [2.75, 3.05) is 71.1 Å². The predicted octanol–water partition coefficient (Wildman–Crippen LogP) is 3.86. The monoisotopic (exact) mass is 716 g/mol. The van der Waals surface area contributed by atoms with Crippen LogP contribution in [0.5, 0.6) is 0 Å². The number of carbonyl (C=O) groups is 2. The van der Waals surface area contributed by atoms with Gasteiger partial charge in [-0.25, -0.2) is 9.97 Å². The van der Waals surface area contributed by atoms with Crippen molar-refractivity contribution < 1.29 is 23.8 Å². The number of aromatic nitrogens is 2. The van der Waals surface area contributed by atoms with E-state index in [1.165, 1.54) is 11.3 Å². The lowest BCUT2D eigenvalue weighted by molar-refractivity contribution is -0.133. The molecular formula is C36H60N8O5S. The Bertz CT molecular complexity index is 1280. The van der Waals surface area contributed by atoms with Gasteiger partial charge in [-0.05, 0) is 37.3 Å². The van der Waals surface area contributed by atoms with Crippen molar-refractivity contribution in [2.45, 2.75) is 78.7 Å². The third kappa shape index (κ3) is 16.2. The van der Waals surface area contributed by atoms with Crippen LogP contribution in [0, 0.1) is 10.8 Å². The Morgan fingerprint density at radius 2 is 1.74 bits per heavy atom. The van der Waals surface area contributed by atoms with Gasteiger partial charge in [0.15, 0.2) is 5.13 Å². The molecule has 1 atom stereocenters. The number of nitrogens with zero attached hydrogens (tertiary/aromatic N) is 2. The lowest BCUT2D eigenvalue weighted by atomic mass is 9.70. The third-order valence-corrected chi connectivity index (χ3v) is 9.46. The van der Waals surface area contributed by atoms with E-state index in [9.17, 15) is 9.59 Å². The standard InChI is InChI=1S/C36H60N8O5S/c1-28(35(2,3)4)42-32(45)11-14-38-15-16-39-26-29(37)27-49-23-22-48-21-20-47-19-17-40-33(46)36(12-6-5-7-13-36)25-30-9-8-10-31(43-30)44-34-41-18-24-50-34/h8-10,18,24,26,28,38-39H,5-7,11-17,19-23,25,27,37H2,1-4H3,(H,40,46)(H,42,45)(H,41,43,44)/b29-26-. The first-order valence-electron chi connectivity index (χ1n) is 17.9. The second-order valence-electron chi connectivity index (χ2n) is 13.9. The molecule has 2 heterocycles. The Labute approximate surface area is 302 Å². The first kappa shape index (κ1) is 41.1. The van der Waals surface area contributed by atoms with Gasteiger partial charge < -0.3 is 46.5 Å². The molecule has 3 rings (SSSR count). The van der Waals surface area contributed by atoms with E-state index < -0.39 is 5.41 Å². The van der Waals surface area contributed by atoms with Crippen molar-refractivity contribution in [1.82, 2.24) is 31.2 Å². The van der Waals surface area contributed by atoms with Crippen LogP contribution in [0.1, 0.15) is 71.9 Å². The van der Waals surface area contributed by atoms with Gasteiger partial charge in [0.25, 0.3) is 0 Å². The maximum atomic E-state index is 13.4. The van der Waals surface area contributed by atoms with E-state index in [0.29, 0.717) is 77.8 Å². The van der Waals surface area contributed by atoms with Crippen LogP contribution < -0.4 is 32.3 Å². The number of carbonyl (C=O) groups excluding carboxylic acids is 2. The third-order valence-electron chi connectivity index (χ3n) is 8.77. The van der Waals surface area contributed by atoms with E-state index in [-0.39, 0.29) is 23.3 Å². The van der Waals surface area contributed by atoms with Gasteiger partial charge in [-0.3, -0.25) is 9.59 Å². The van der Waals surface area contributed by atoms with Crippen LogP contribution in [0.15, 0.2) is 41.7 Å². The molecule has 0 aliphatic heterocycles. The number of anilines is 2. The molecule has 0 saturated heterocycles. The summed E-state index contributed by atoms with van der Waals surface area (Å²) in [5, 5.41) is 18.5. The fourth-order valence-electron chi connectivity index (χ4n) is 5.42. The molecule has 14 heteroatoms. The lowest BCUT2D eigenvalue weighted by Gasteiger charge is -2.35. The van der Waals surface area contributed by atoms with Crippen LogP contribution in [0.2, 0.25) is 0 Å². The first-order valence-corrected chi connectivity index (χ1v) is 18.8. The summed E-state index contributed by atoms with van der Waals surface area (Å²) >= 11 is 1.52. The molecular weight excluding hydrogens is 657 g/mol. The molecule has 2 aromatic rings. The molecule has 0 radical (unpaired) electrons. The molecule has 2 aromatic heterocycles. The highest BCUT2D eigenvalue weighted by Gasteiger charge is 2.39. The van der Waals surface area contributed by atoms with Gasteiger partial charge in [0.05, 0.1) is 50.8 Å². The van der Waals surface area contributed by atoms with Gasteiger partial charge in [0, 0.05) is 68.5 Å². The van der Waals surface area contributed by atoms with E-state index in [0.717, 1.165) is 55.3 Å². The fraction of sp³-hybridized carbons (Fsp3) is 0.667. The van der Waals surface area contributed by atoms with Crippen molar-refractivity contribution in [3.05, 3.63) is 47.4 Å². The molecule has 13 nitrogen and oxygen atoms in total. The van der Waals surface area contributed by atoms with Crippen LogP contribution in [0.3, 0.4) is 0 Å². The Morgan fingerprint density at radius 3 is 2.46 bits per heavy atom. The summed E-state index contributed by atoms with van der Waals surface area (Å²) in [6.07, 6.45) is 9.51.